The first-order valence-electron chi connectivity index (χ1n) is 11.7. The van der Waals surface area contributed by atoms with E-state index in [4.69, 9.17) is 4.74 Å². The van der Waals surface area contributed by atoms with Gasteiger partial charge in [0.2, 0.25) is 5.91 Å². The van der Waals surface area contributed by atoms with Crippen LogP contribution in [0.3, 0.4) is 0 Å². The smallest absolute Gasteiger partial charge is 0.254 e. The van der Waals surface area contributed by atoms with E-state index in [0.717, 1.165) is 56.9 Å². The van der Waals surface area contributed by atoms with Gasteiger partial charge in [0.05, 0.1) is 12.0 Å². The second-order valence-electron chi connectivity index (χ2n) is 9.31. The Morgan fingerprint density at radius 1 is 1.06 bits per heavy atom. The molecule has 33 heavy (non-hydrogen) atoms. The van der Waals surface area contributed by atoms with Crippen LogP contribution >= 0.6 is 0 Å². The van der Waals surface area contributed by atoms with Crippen LogP contribution in [0.25, 0.3) is 0 Å². The molecular weight excluding hydrogens is 420 g/mol. The van der Waals surface area contributed by atoms with Gasteiger partial charge in [-0.1, -0.05) is 12.1 Å². The van der Waals surface area contributed by atoms with E-state index in [-0.39, 0.29) is 17.9 Å². The first-order chi connectivity index (χ1) is 16.0. The molecule has 2 amide bonds. The number of piperazine rings is 1. The molecule has 0 N–H and O–H groups in total. The summed E-state index contributed by atoms with van der Waals surface area (Å²) < 4.78 is 6.44. The van der Waals surface area contributed by atoms with Crippen LogP contribution in [-0.2, 0) is 17.6 Å². The van der Waals surface area contributed by atoms with Crippen molar-refractivity contribution in [2.45, 2.75) is 38.3 Å². The molecule has 3 aliphatic rings. The summed E-state index contributed by atoms with van der Waals surface area (Å²) in [4.78, 5) is 31.8. The zero-order chi connectivity index (χ0) is 22.9. The number of carbonyl (C=O) groups excluding carboxylic acids is 2. The molecule has 8 nitrogen and oxygen atoms in total. The van der Waals surface area contributed by atoms with Crippen molar-refractivity contribution in [2.75, 3.05) is 39.3 Å². The highest BCUT2D eigenvalue weighted by atomic mass is 16.5. The number of hydrogen-bond donors (Lipinski definition) is 0. The van der Waals surface area contributed by atoms with E-state index in [1.165, 1.54) is 18.0 Å². The minimum Gasteiger partial charge on any atom is -0.619 e. The number of carbonyl (C=O) groups is 2. The first kappa shape index (κ1) is 21.7. The maximum atomic E-state index is 12.9. The highest BCUT2D eigenvalue weighted by Gasteiger charge is 2.33. The summed E-state index contributed by atoms with van der Waals surface area (Å²) in [5.41, 5.74) is 2.79. The van der Waals surface area contributed by atoms with Gasteiger partial charge in [-0.25, -0.2) is 0 Å². The van der Waals surface area contributed by atoms with E-state index in [2.05, 4.69) is 17.9 Å². The Kier molecular flexibility index (Phi) is 5.93. The second-order valence-corrected chi connectivity index (χ2v) is 9.31. The minimum absolute atomic E-state index is 0.0268. The van der Waals surface area contributed by atoms with Crippen molar-refractivity contribution in [3.63, 3.8) is 0 Å². The van der Waals surface area contributed by atoms with Crippen molar-refractivity contribution < 1.29 is 19.1 Å². The average Bonchev–Trinajstić information content (AvgIpc) is 3.45. The van der Waals surface area contributed by atoms with Crippen molar-refractivity contribution in [3.05, 3.63) is 64.6 Å². The molecule has 0 radical (unpaired) electrons. The molecular formula is C25H30N4O4. The summed E-state index contributed by atoms with van der Waals surface area (Å²) in [6, 6.07) is 9.56. The summed E-state index contributed by atoms with van der Waals surface area (Å²) in [6.07, 6.45) is 5.18. The minimum atomic E-state index is -0.0268. The Balaban J connectivity index is 1.11. The molecule has 2 fully saturated rings. The summed E-state index contributed by atoms with van der Waals surface area (Å²) in [7, 11) is 0. The number of aromatic nitrogens is 1. The highest BCUT2D eigenvalue weighted by molar-refractivity contribution is 5.94. The molecule has 1 aromatic carbocycles. The molecule has 0 saturated carbocycles. The maximum absolute atomic E-state index is 12.9. The molecule has 2 atom stereocenters. The van der Waals surface area contributed by atoms with Crippen LogP contribution in [0.15, 0.2) is 42.7 Å². The van der Waals surface area contributed by atoms with Crippen LogP contribution < -0.4 is 9.47 Å². The number of amides is 2. The fourth-order valence-corrected chi connectivity index (χ4v) is 5.17. The molecule has 0 spiro atoms. The lowest BCUT2D eigenvalue weighted by atomic mass is 10.0. The number of likely N-dealkylation sites (tertiary alicyclic amines) is 1. The second kappa shape index (κ2) is 9.02. The van der Waals surface area contributed by atoms with Crippen LogP contribution in [0.5, 0.6) is 5.75 Å². The number of fused-ring (bicyclic) bond motifs is 1. The van der Waals surface area contributed by atoms with Crippen LogP contribution in [0, 0.1) is 5.21 Å². The Bertz CT molecular complexity index is 1030. The van der Waals surface area contributed by atoms with Crippen molar-refractivity contribution in [2.24, 2.45) is 0 Å². The van der Waals surface area contributed by atoms with Gasteiger partial charge >= 0.3 is 0 Å². The van der Waals surface area contributed by atoms with E-state index in [0.29, 0.717) is 29.3 Å². The van der Waals surface area contributed by atoms with E-state index in [1.807, 2.05) is 21.9 Å². The molecule has 0 aliphatic carbocycles. The number of benzene rings is 1. The highest BCUT2D eigenvalue weighted by Crippen LogP contribution is 2.29. The monoisotopic (exact) mass is 450 g/mol. The summed E-state index contributed by atoms with van der Waals surface area (Å²) in [6.45, 7) is 6.57. The maximum Gasteiger partial charge on any atom is 0.254 e. The van der Waals surface area contributed by atoms with Gasteiger partial charge in [0.15, 0.2) is 12.4 Å². The van der Waals surface area contributed by atoms with Crippen molar-refractivity contribution >= 4 is 11.8 Å². The summed E-state index contributed by atoms with van der Waals surface area (Å²) in [5, 5.41) is 11.2. The predicted octanol–water partition coefficient (Wildman–Crippen LogP) is 1.24. The number of nitrogens with zero attached hydrogens (tertiary/aromatic N) is 4. The molecule has 2 aromatic rings. The molecule has 1 aromatic heterocycles. The Hall–Kier alpha value is -3.13. The summed E-state index contributed by atoms with van der Waals surface area (Å²) in [5.74, 6) is 1.09. The number of hydrogen-bond acceptors (Lipinski definition) is 5. The van der Waals surface area contributed by atoms with Crippen LogP contribution in [0.4, 0.5) is 0 Å². The lowest BCUT2D eigenvalue weighted by Gasteiger charge is -2.38. The normalized spacial score (nSPS) is 22.8. The topological polar surface area (TPSA) is 80.0 Å². The van der Waals surface area contributed by atoms with Gasteiger partial charge in [-0.3, -0.25) is 14.5 Å². The first-order valence-corrected chi connectivity index (χ1v) is 11.7. The van der Waals surface area contributed by atoms with Gasteiger partial charge in [-0.05, 0) is 30.5 Å². The SMILES string of the molecule is CC1Cc2cc(CC(=O)N3CCN(C4CCN(C(=O)c5cc[n+]([O-])cc5)C4)CC3)ccc2O1. The standard InChI is InChI=1S/C25H30N4O4/c1-18-14-21-15-19(2-3-23(21)33-18)16-24(30)27-12-10-26(11-13-27)22-6-7-28(17-22)25(31)20-4-8-29(32)9-5-20/h2-5,8-9,15,18,22H,6-7,10-14,16-17H2,1H3. The number of ether oxygens (including phenoxy) is 1. The largest absolute Gasteiger partial charge is 0.619 e. The predicted molar refractivity (Wildman–Crippen MR) is 122 cm³/mol. The van der Waals surface area contributed by atoms with Gasteiger partial charge in [0.25, 0.3) is 5.91 Å². The molecule has 8 heteroatoms. The molecule has 5 rings (SSSR count). The van der Waals surface area contributed by atoms with E-state index >= 15 is 0 Å². The molecule has 4 heterocycles. The van der Waals surface area contributed by atoms with Crippen molar-refractivity contribution in [1.29, 1.82) is 0 Å². The Labute approximate surface area is 193 Å². The van der Waals surface area contributed by atoms with E-state index in [9.17, 15) is 14.8 Å². The Morgan fingerprint density at radius 3 is 2.58 bits per heavy atom. The molecule has 2 unspecified atom stereocenters. The third-order valence-electron chi connectivity index (χ3n) is 7.00. The van der Waals surface area contributed by atoms with Gasteiger partial charge in [0, 0.05) is 63.9 Å². The quantitative estimate of drug-likeness (QED) is 0.517. The Morgan fingerprint density at radius 2 is 1.82 bits per heavy atom. The van der Waals surface area contributed by atoms with Gasteiger partial charge in [0.1, 0.15) is 11.9 Å². The third-order valence-corrected chi connectivity index (χ3v) is 7.00. The zero-order valence-electron chi connectivity index (χ0n) is 19.0. The average molecular weight is 451 g/mol. The molecule has 0 bridgehead atoms. The summed E-state index contributed by atoms with van der Waals surface area (Å²) >= 11 is 0. The zero-order valence-corrected chi connectivity index (χ0v) is 19.0. The lowest BCUT2D eigenvalue weighted by Crippen LogP contribution is -2.53. The molecule has 3 aliphatic heterocycles. The fourth-order valence-electron chi connectivity index (χ4n) is 5.17. The lowest BCUT2D eigenvalue weighted by molar-refractivity contribution is -0.605. The van der Waals surface area contributed by atoms with Crippen LogP contribution in [0.2, 0.25) is 0 Å². The van der Waals surface area contributed by atoms with E-state index < -0.39 is 0 Å². The van der Waals surface area contributed by atoms with E-state index in [1.54, 1.807) is 12.1 Å². The van der Waals surface area contributed by atoms with Crippen molar-refractivity contribution in [3.8, 4) is 5.75 Å². The number of pyridine rings is 1. The third kappa shape index (κ3) is 4.66. The fraction of sp³-hybridized carbons (Fsp3) is 0.480. The van der Waals surface area contributed by atoms with Crippen LogP contribution in [0.1, 0.15) is 34.8 Å². The number of rotatable bonds is 4. The van der Waals surface area contributed by atoms with Crippen molar-refractivity contribution in [1.82, 2.24) is 14.7 Å². The van der Waals surface area contributed by atoms with Gasteiger partial charge < -0.3 is 19.7 Å². The van der Waals surface area contributed by atoms with Crippen LogP contribution in [-0.4, -0.2) is 77.9 Å². The van der Waals surface area contributed by atoms with Gasteiger partial charge in [-0.2, -0.15) is 4.73 Å². The molecule has 2 saturated heterocycles. The van der Waals surface area contributed by atoms with Gasteiger partial charge in [-0.15, -0.1) is 0 Å². The molecule has 174 valence electrons.